The second-order valence-corrected chi connectivity index (χ2v) is 17.8. The van der Waals surface area contributed by atoms with Crippen molar-refractivity contribution < 1.29 is 28.5 Å². The Morgan fingerprint density at radius 1 is 1.20 bits per heavy atom. The first-order chi connectivity index (χ1) is 19.0. The fraction of sp³-hybridized carbons (Fsp3) is 0.517. The van der Waals surface area contributed by atoms with Crippen LogP contribution in [0.2, 0.25) is 30.7 Å². The van der Waals surface area contributed by atoms with Gasteiger partial charge < -0.3 is 24.2 Å². The number of nitrogens with zero attached hydrogens (tertiary/aromatic N) is 3. The van der Waals surface area contributed by atoms with Crippen molar-refractivity contribution in [1.29, 1.82) is 0 Å². The molecule has 2 aromatic carbocycles. The van der Waals surface area contributed by atoms with E-state index in [0.717, 1.165) is 28.1 Å². The minimum atomic E-state index is -1.19. The number of carbonyl (C=O) groups is 1. The average molecular weight is 592 g/mol. The van der Waals surface area contributed by atoms with Crippen LogP contribution in [0.5, 0.6) is 0 Å². The van der Waals surface area contributed by atoms with Crippen LogP contribution in [0.3, 0.4) is 0 Å². The van der Waals surface area contributed by atoms with Crippen molar-refractivity contribution in [3.8, 4) is 0 Å². The maximum absolute atomic E-state index is 13.8. The Morgan fingerprint density at radius 3 is 2.52 bits per heavy atom. The fourth-order valence-corrected chi connectivity index (χ4v) is 6.10. The summed E-state index contributed by atoms with van der Waals surface area (Å²) < 4.78 is 33.6. The second-order valence-electron chi connectivity index (χ2n) is 11.8. The van der Waals surface area contributed by atoms with E-state index >= 15 is 0 Å². The normalized spacial score (nSPS) is 16.4. The van der Waals surface area contributed by atoms with Crippen LogP contribution < -0.4 is 0 Å². The number of amides is 1. The van der Waals surface area contributed by atoms with Crippen LogP contribution in [0.15, 0.2) is 42.6 Å². The van der Waals surface area contributed by atoms with Gasteiger partial charge >= 0.3 is 6.09 Å². The van der Waals surface area contributed by atoms with Crippen molar-refractivity contribution in [2.24, 2.45) is 0 Å². The number of methoxy groups -OCH3 is 1. The molecule has 1 aromatic heterocycles. The molecule has 0 aliphatic carbocycles. The molecule has 0 radical (unpaired) electrons. The van der Waals surface area contributed by atoms with E-state index < -0.39 is 25.7 Å². The fourth-order valence-electron chi connectivity index (χ4n) is 5.11. The number of likely N-dealkylation sites (tertiary alicyclic amines) is 1. The summed E-state index contributed by atoms with van der Waals surface area (Å²) in [6.07, 6.45) is 1.62. The lowest BCUT2D eigenvalue weighted by atomic mass is 9.73. The zero-order chi connectivity index (χ0) is 28.9. The van der Waals surface area contributed by atoms with Crippen molar-refractivity contribution in [2.45, 2.75) is 56.8 Å². The molecule has 0 bridgehead atoms. The van der Waals surface area contributed by atoms with E-state index in [9.17, 15) is 14.3 Å². The van der Waals surface area contributed by atoms with Gasteiger partial charge in [-0.25, -0.2) is 13.9 Å². The Balaban J connectivity index is 1.57. The molecule has 1 aliphatic rings. The SMILES string of the molecule is COCC(OCC1(c2ccc(F)cc2)CCN(C(=O)O)CC1)c1cc(Cl)cc2cn(COCC[Si](C)(C)C)nc12. The van der Waals surface area contributed by atoms with Crippen LogP contribution in [0.25, 0.3) is 10.9 Å². The van der Waals surface area contributed by atoms with E-state index in [2.05, 4.69) is 19.6 Å². The number of ether oxygens (including phenoxy) is 3. The number of piperidine rings is 1. The van der Waals surface area contributed by atoms with Crippen LogP contribution in [-0.4, -0.2) is 74.0 Å². The van der Waals surface area contributed by atoms with E-state index in [0.29, 0.717) is 50.9 Å². The van der Waals surface area contributed by atoms with E-state index in [1.165, 1.54) is 17.0 Å². The third-order valence-corrected chi connectivity index (χ3v) is 9.47. The summed E-state index contributed by atoms with van der Waals surface area (Å²) in [5, 5.41) is 15.7. The lowest BCUT2D eigenvalue weighted by Gasteiger charge is -2.42. The van der Waals surface area contributed by atoms with Crippen molar-refractivity contribution >= 4 is 36.7 Å². The van der Waals surface area contributed by atoms with Gasteiger partial charge in [-0.15, -0.1) is 0 Å². The third kappa shape index (κ3) is 7.61. The summed E-state index contributed by atoms with van der Waals surface area (Å²) in [5.41, 5.74) is 2.01. The van der Waals surface area contributed by atoms with Crippen LogP contribution in [0, 0.1) is 5.82 Å². The molecule has 0 spiro atoms. The smallest absolute Gasteiger partial charge is 0.407 e. The Labute approximate surface area is 241 Å². The predicted octanol–water partition coefficient (Wildman–Crippen LogP) is 6.56. The van der Waals surface area contributed by atoms with Gasteiger partial charge in [0, 0.05) is 62.5 Å². The molecule has 8 nitrogen and oxygen atoms in total. The largest absolute Gasteiger partial charge is 0.465 e. The van der Waals surface area contributed by atoms with Crippen LogP contribution in [0.1, 0.15) is 30.1 Å². The summed E-state index contributed by atoms with van der Waals surface area (Å²) in [6.45, 7) is 9.31. The van der Waals surface area contributed by atoms with Gasteiger partial charge in [-0.3, -0.25) is 0 Å². The van der Waals surface area contributed by atoms with Gasteiger partial charge in [0.05, 0.1) is 18.7 Å². The molecule has 1 amide bonds. The minimum absolute atomic E-state index is 0.274. The molecular weight excluding hydrogens is 553 g/mol. The molecule has 1 fully saturated rings. The Kier molecular flexibility index (Phi) is 9.89. The molecule has 11 heteroatoms. The molecule has 4 rings (SSSR count). The number of hydrogen-bond acceptors (Lipinski definition) is 5. The maximum atomic E-state index is 13.8. The first-order valence-electron chi connectivity index (χ1n) is 13.6. The highest BCUT2D eigenvalue weighted by molar-refractivity contribution is 6.76. The quantitative estimate of drug-likeness (QED) is 0.190. The lowest BCUT2D eigenvalue weighted by Crippen LogP contribution is -2.47. The molecule has 2 heterocycles. The first kappa shape index (κ1) is 30.5. The lowest BCUT2D eigenvalue weighted by molar-refractivity contribution is -0.0364. The maximum Gasteiger partial charge on any atom is 0.407 e. The number of hydrogen-bond donors (Lipinski definition) is 1. The zero-order valence-electron chi connectivity index (χ0n) is 23.7. The highest BCUT2D eigenvalue weighted by Crippen LogP contribution is 2.38. The number of aromatic nitrogens is 2. The first-order valence-corrected chi connectivity index (χ1v) is 17.7. The third-order valence-electron chi connectivity index (χ3n) is 7.54. The summed E-state index contributed by atoms with van der Waals surface area (Å²) in [4.78, 5) is 13.0. The second kappa shape index (κ2) is 13.0. The van der Waals surface area contributed by atoms with Crippen LogP contribution in [0.4, 0.5) is 9.18 Å². The van der Waals surface area contributed by atoms with E-state index in [1.807, 2.05) is 18.3 Å². The molecule has 1 unspecified atom stereocenters. The van der Waals surface area contributed by atoms with Gasteiger partial charge in [0.1, 0.15) is 18.7 Å². The zero-order valence-corrected chi connectivity index (χ0v) is 25.4. The molecule has 1 saturated heterocycles. The minimum Gasteiger partial charge on any atom is -0.465 e. The van der Waals surface area contributed by atoms with Crippen molar-refractivity contribution in [3.05, 3.63) is 64.6 Å². The van der Waals surface area contributed by atoms with Gasteiger partial charge in [0.25, 0.3) is 0 Å². The molecule has 0 saturated carbocycles. The molecule has 1 N–H and O–H groups in total. The van der Waals surface area contributed by atoms with Crippen molar-refractivity contribution in [3.63, 3.8) is 0 Å². The van der Waals surface area contributed by atoms with Crippen LogP contribution in [-0.2, 0) is 26.4 Å². The molecule has 3 aromatic rings. The standard InChI is InChI=1S/C29H39ClFN3O5Si/c1-37-18-26(25-16-23(30)15-21-17-34(32-27(21)25)20-38-13-14-40(2,3)4)39-19-29(22-5-7-24(31)8-6-22)9-11-33(12-10-29)28(35)36/h5-8,15-17,26H,9-14,18-20H2,1-4H3,(H,35,36). The monoisotopic (exact) mass is 591 g/mol. The highest BCUT2D eigenvalue weighted by Gasteiger charge is 2.39. The van der Waals surface area contributed by atoms with Gasteiger partial charge in [-0.2, -0.15) is 5.10 Å². The van der Waals surface area contributed by atoms with Crippen LogP contribution >= 0.6 is 11.6 Å². The van der Waals surface area contributed by atoms with Gasteiger partial charge in [-0.05, 0) is 48.7 Å². The molecule has 40 heavy (non-hydrogen) atoms. The van der Waals surface area contributed by atoms with Gasteiger partial charge in [-0.1, -0.05) is 43.4 Å². The summed E-state index contributed by atoms with van der Waals surface area (Å²) in [7, 11) is 0.428. The number of rotatable bonds is 12. The molecular formula is C29H39ClFN3O5Si. The van der Waals surface area contributed by atoms with Crippen molar-refractivity contribution in [2.75, 3.05) is 40.0 Å². The van der Waals surface area contributed by atoms with E-state index in [4.69, 9.17) is 30.9 Å². The molecule has 1 aliphatic heterocycles. The number of halogens is 2. The Hall–Kier alpha value is -2.50. The number of fused-ring (bicyclic) bond motifs is 1. The van der Waals surface area contributed by atoms with E-state index in [-0.39, 0.29) is 12.4 Å². The summed E-state index contributed by atoms with van der Waals surface area (Å²) in [6, 6.07) is 11.2. The number of benzene rings is 2. The highest BCUT2D eigenvalue weighted by atomic mass is 35.5. The average Bonchev–Trinajstić information content (AvgIpc) is 3.31. The Morgan fingerprint density at radius 2 is 1.90 bits per heavy atom. The summed E-state index contributed by atoms with van der Waals surface area (Å²) >= 11 is 6.53. The van der Waals surface area contributed by atoms with Gasteiger partial charge in [0.2, 0.25) is 0 Å². The number of carboxylic acid groups (broad SMARTS) is 1. The van der Waals surface area contributed by atoms with Crippen molar-refractivity contribution in [1.82, 2.24) is 14.7 Å². The predicted molar refractivity (Wildman–Crippen MR) is 156 cm³/mol. The Bertz CT molecular complexity index is 1290. The molecule has 1 atom stereocenters. The topological polar surface area (TPSA) is 86.0 Å². The molecule has 218 valence electrons. The van der Waals surface area contributed by atoms with E-state index in [1.54, 1.807) is 23.9 Å². The van der Waals surface area contributed by atoms with Gasteiger partial charge in [0.15, 0.2) is 0 Å². The summed E-state index contributed by atoms with van der Waals surface area (Å²) in [5.74, 6) is -0.318.